The van der Waals surface area contributed by atoms with Crippen LogP contribution in [0, 0.1) is 0 Å². The molecule has 0 spiro atoms. The molecule has 120 valence electrons. The Kier molecular flexibility index (Phi) is 8.77. The number of unbranched alkanes of at least 4 members (excludes halogenated alkanes) is 5. The average Bonchev–Trinajstić information content (AvgIpc) is 2.50. The fourth-order valence-electron chi connectivity index (χ4n) is 2.47. The van der Waals surface area contributed by atoms with Crippen molar-refractivity contribution >= 4 is 15.9 Å². The highest BCUT2D eigenvalue weighted by atomic mass is 79.9. The van der Waals surface area contributed by atoms with Crippen LogP contribution in [0.25, 0.3) is 0 Å². The third-order valence-electron chi connectivity index (χ3n) is 3.77. The number of methoxy groups -OCH3 is 2. The maximum atomic E-state index is 6.34. The zero-order valence-electron chi connectivity index (χ0n) is 13.5. The van der Waals surface area contributed by atoms with Crippen LogP contribution in [0.15, 0.2) is 16.6 Å². The first kappa shape index (κ1) is 18.3. The van der Waals surface area contributed by atoms with E-state index in [-0.39, 0.29) is 6.04 Å². The summed E-state index contributed by atoms with van der Waals surface area (Å²) in [5.74, 6) is 1.62. The second-order valence-electron chi connectivity index (χ2n) is 5.39. The quantitative estimate of drug-likeness (QED) is 0.584. The minimum Gasteiger partial charge on any atom is -0.496 e. The highest BCUT2D eigenvalue weighted by Gasteiger charge is 2.15. The van der Waals surface area contributed by atoms with Crippen molar-refractivity contribution in [3.05, 3.63) is 22.2 Å². The lowest BCUT2D eigenvalue weighted by atomic mass is 9.99. The molecule has 1 aromatic rings. The Morgan fingerprint density at radius 1 is 1.00 bits per heavy atom. The molecular formula is C17H28BrNO2. The normalized spacial score (nSPS) is 12.2. The van der Waals surface area contributed by atoms with Crippen LogP contribution in [0.2, 0.25) is 0 Å². The second-order valence-corrected chi connectivity index (χ2v) is 6.25. The van der Waals surface area contributed by atoms with Crippen molar-refractivity contribution < 1.29 is 9.47 Å². The Balaban J connectivity index is 2.58. The van der Waals surface area contributed by atoms with Gasteiger partial charge in [0.05, 0.1) is 18.7 Å². The van der Waals surface area contributed by atoms with E-state index < -0.39 is 0 Å². The first-order valence-electron chi connectivity index (χ1n) is 7.81. The molecule has 0 bridgehead atoms. The summed E-state index contributed by atoms with van der Waals surface area (Å²) in [4.78, 5) is 0. The number of hydrogen-bond acceptors (Lipinski definition) is 3. The van der Waals surface area contributed by atoms with E-state index >= 15 is 0 Å². The van der Waals surface area contributed by atoms with Gasteiger partial charge >= 0.3 is 0 Å². The van der Waals surface area contributed by atoms with Crippen molar-refractivity contribution in [2.75, 3.05) is 14.2 Å². The Labute approximate surface area is 137 Å². The van der Waals surface area contributed by atoms with Crippen LogP contribution in [0.1, 0.15) is 63.5 Å². The van der Waals surface area contributed by atoms with E-state index in [9.17, 15) is 0 Å². The maximum Gasteiger partial charge on any atom is 0.133 e. The zero-order chi connectivity index (χ0) is 15.7. The summed E-state index contributed by atoms with van der Waals surface area (Å²) in [5, 5.41) is 0. The van der Waals surface area contributed by atoms with Crippen LogP contribution in [0.3, 0.4) is 0 Å². The Morgan fingerprint density at radius 2 is 1.62 bits per heavy atom. The number of nitrogens with two attached hydrogens (primary N) is 1. The molecule has 0 aliphatic heterocycles. The molecule has 0 saturated heterocycles. The molecule has 0 fully saturated rings. The van der Waals surface area contributed by atoms with Crippen LogP contribution in [-0.2, 0) is 0 Å². The molecule has 0 saturated carbocycles. The SMILES string of the molecule is CCCCCCCCC(N)c1cc(OC)c(Br)cc1OC. The minimum atomic E-state index is -0.00637. The standard InChI is InChI=1S/C17H28BrNO2/c1-4-5-6-7-8-9-10-15(19)13-11-17(21-3)14(18)12-16(13)20-2/h11-12,15H,4-10,19H2,1-3H3. The van der Waals surface area contributed by atoms with Gasteiger partial charge in [-0.25, -0.2) is 0 Å². The molecule has 0 aromatic heterocycles. The van der Waals surface area contributed by atoms with Gasteiger partial charge in [-0.3, -0.25) is 0 Å². The number of halogens is 1. The van der Waals surface area contributed by atoms with E-state index in [1.807, 2.05) is 12.1 Å². The summed E-state index contributed by atoms with van der Waals surface area (Å²) in [6.07, 6.45) is 8.66. The fourth-order valence-corrected chi connectivity index (χ4v) is 2.96. The summed E-state index contributed by atoms with van der Waals surface area (Å²) in [6.45, 7) is 2.24. The molecule has 0 aliphatic carbocycles. The van der Waals surface area contributed by atoms with Gasteiger partial charge in [0.1, 0.15) is 11.5 Å². The van der Waals surface area contributed by atoms with Gasteiger partial charge in [-0.05, 0) is 34.5 Å². The van der Waals surface area contributed by atoms with Crippen molar-refractivity contribution in [2.45, 2.75) is 57.9 Å². The Morgan fingerprint density at radius 3 is 2.24 bits per heavy atom. The van der Waals surface area contributed by atoms with Crippen LogP contribution in [0.4, 0.5) is 0 Å². The van der Waals surface area contributed by atoms with Crippen LogP contribution in [0.5, 0.6) is 11.5 Å². The summed E-state index contributed by atoms with van der Waals surface area (Å²) < 4.78 is 11.7. The largest absolute Gasteiger partial charge is 0.496 e. The van der Waals surface area contributed by atoms with E-state index in [0.29, 0.717) is 0 Å². The lowest BCUT2D eigenvalue weighted by Crippen LogP contribution is -2.12. The average molecular weight is 358 g/mol. The van der Waals surface area contributed by atoms with Gasteiger partial charge in [-0.1, -0.05) is 45.4 Å². The third-order valence-corrected chi connectivity index (χ3v) is 4.39. The molecule has 21 heavy (non-hydrogen) atoms. The highest BCUT2D eigenvalue weighted by Crippen LogP contribution is 2.36. The third kappa shape index (κ3) is 5.87. The topological polar surface area (TPSA) is 44.5 Å². The van der Waals surface area contributed by atoms with Crippen LogP contribution in [-0.4, -0.2) is 14.2 Å². The molecule has 1 unspecified atom stereocenters. The van der Waals surface area contributed by atoms with Gasteiger partial charge in [0.2, 0.25) is 0 Å². The lowest BCUT2D eigenvalue weighted by Gasteiger charge is -2.17. The van der Waals surface area contributed by atoms with Crippen molar-refractivity contribution in [3.8, 4) is 11.5 Å². The number of benzene rings is 1. The predicted octanol–water partition coefficient (Wildman–Crippen LogP) is 5.22. The molecular weight excluding hydrogens is 330 g/mol. The van der Waals surface area contributed by atoms with Gasteiger partial charge in [0.15, 0.2) is 0 Å². The first-order valence-corrected chi connectivity index (χ1v) is 8.60. The van der Waals surface area contributed by atoms with Gasteiger partial charge in [0, 0.05) is 11.6 Å². The number of rotatable bonds is 10. The summed E-state index contributed by atoms with van der Waals surface area (Å²) in [5.41, 5.74) is 7.35. The van der Waals surface area contributed by atoms with Crippen LogP contribution < -0.4 is 15.2 Å². The van der Waals surface area contributed by atoms with Crippen molar-refractivity contribution in [2.24, 2.45) is 5.73 Å². The van der Waals surface area contributed by atoms with Crippen LogP contribution >= 0.6 is 15.9 Å². The molecule has 0 aliphatic rings. The molecule has 3 nitrogen and oxygen atoms in total. The lowest BCUT2D eigenvalue weighted by molar-refractivity contribution is 0.391. The van der Waals surface area contributed by atoms with E-state index in [1.54, 1.807) is 14.2 Å². The molecule has 0 amide bonds. The van der Waals surface area contributed by atoms with Crippen molar-refractivity contribution in [1.82, 2.24) is 0 Å². The van der Waals surface area contributed by atoms with Gasteiger partial charge in [0.25, 0.3) is 0 Å². The monoisotopic (exact) mass is 357 g/mol. The molecule has 4 heteroatoms. The Hall–Kier alpha value is -0.740. The van der Waals surface area contributed by atoms with Crippen molar-refractivity contribution in [1.29, 1.82) is 0 Å². The molecule has 2 N–H and O–H groups in total. The summed E-state index contributed by atoms with van der Waals surface area (Å²) in [6, 6.07) is 3.90. The first-order chi connectivity index (χ1) is 10.1. The van der Waals surface area contributed by atoms with Gasteiger partial charge in [-0.15, -0.1) is 0 Å². The van der Waals surface area contributed by atoms with E-state index in [2.05, 4.69) is 22.9 Å². The molecule has 0 heterocycles. The predicted molar refractivity (Wildman–Crippen MR) is 92.2 cm³/mol. The minimum absolute atomic E-state index is 0.00637. The molecule has 1 rings (SSSR count). The second kappa shape index (κ2) is 10.1. The number of ether oxygens (including phenoxy) is 2. The highest BCUT2D eigenvalue weighted by molar-refractivity contribution is 9.10. The maximum absolute atomic E-state index is 6.34. The Bertz CT molecular complexity index is 423. The molecule has 0 radical (unpaired) electrons. The van der Waals surface area contributed by atoms with E-state index in [0.717, 1.165) is 34.4 Å². The van der Waals surface area contributed by atoms with E-state index in [1.165, 1.54) is 32.1 Å². The number of hydrogen-bond donors (Lipinski definition) is 1. The van der Waals surface area contributed by atoms with Crippen molar-refractivity contribution in [3.63, 3.8) is 0 Å². The van der Waals surface area contributed by atoms with Gasteiger partial charge < -0.3 is 15.2 Å². The summed E-state index contributed by atoms with van der Waals surface area (Å²) >= 11 is 3.47. The molecule has 1 atom stereocenters. The fraction of sp³-hybridized carbons (Fsp3) is 0.647. The zero-order valence-corrected chi connectivity index (χ0v) is 15.0. The summed E-state index contributed by atoms with van der Waals surface area (Å²) in [7, 11) is 3.34. The smallest absolute Gasteiger partial charge is 0.133 e. The molecule has 1 aromatic carbocycles. The van der Waals surface area contributed by atoms with Gasteiger partial charge in [-0.2, -0.15) is 0 Å². The van der Waals surface area contributed by atoms with E-state index in [4.69, 9.17) is 15.2 Å².